The molecule has 0 atom stereocenters. The van der Waals surface area contributed by atoms with Crippen LogP contribution in [0.25, 0.3) is 22.6 Å². The maximum atomic E-state index is 4.68. The number of nitrogens with zero attached hydrogens (tertiary/aromatic N) is 6. The Balaban J connectivity index is 1.72. The lowest BCUT2D eigenvalue weighted by Gasteiger charge is -2.16. The zero-order valence-corrected chi connectivity index (χ0v) is 13.9. The molecule has 3 aliphatic heterocycles. The average Bonchev–Trinajstić information content (AvgIpc) is 3.19. The van der Waals surface area contributed by atoms with Gasteiger partial charge in [0.25, 0.3) is 5.62 Å². The van der Waals surface area contributed by atoms with Crippen molar-refractivity contribution in [1.82, 2.24) is 24.5 Å². The minimum Gasteiger partial charge on any atom is -0.369 e. The van der Waals surface area contributed by atoms with E-state index < -0.39 is 0 Å². The third kappa shape index (κ3) is 2.50. The summed E-state index contributed by atoms with van der Waals surface area (Å²) in [6.07, 6.45) is 7.03. The van der Waals surface area contributed by atoms with E-state index >= 15 is 0 Å². The number of fused-ring (bicyclic) bond motifs is 3. The SMILES string of the molecule is c1ccc(-c2cc3cnc(=Nc4ccncc4)nc-3n3c2NCC3)nc1. The Kier molecular flexibility index (Phi) is 3.41. The molecule has 0 bridgehead atoms. The highest BCUT2D eigenvalue weighted by Crippen LogP contribution is 2.35. The van der Waals surface area contributed by atoms with Gasteiger partial charge < -0.3 is 9.88 Å². The van der Waals surface area contributed by atoms with Crippen LogP contribution in [-0.4, -0.2) is 31.0 Å². The number of rotatable bonds is 2. The van der Waals surface area contributed by atoms with Gasteiger partial charge in [0.15, 0.2) is 0 Å². The van der Waals surface area contributed by atoms with Crippen molar-refractivity contribution < 1.29 is 0 Å². The summed E-state index contributed by atoms with van der Waals surface area (Å²) in [6.45, 7) is 1.71. The van der Waals surface area contributed by atoms with Crippen LogP contribution < -0.4 is 10.9 Å². The van der Waals surface area contributed by atoms with E-state index in [1.807, 2.05) is 36.5 Å². The molecular weight excluding hydrogens is 326 g/mol. The molecule has 0 unspecified atom stereocenters. The Bertz CT molecular complexity index is 1100. The quantitative estimate of drug-likeness (QED) is 0.606. The molecule has 2 aromatic heterocycles. The molecule has 7 nitrogen and oxygen atoms in total. The van der Waals surface area contributed by atoms with E-state index in [-0.39, 0.29) is 0 Å². The number of nitrogens with one attached hydrogen (secondary N) is 1. The summed E-state index contributed by atoms with van der Waals surface area (Å²) in [5.74, 6) is 1.90. The van der Waals surface area contributed by atoms with Crippen LogP contribution in [0.1, 0.15) is 0 Å². The predicted octanol–water partition coefficient (Wildman–Crippen LogP) is 2.50. The zero-order chi connectivity index (χ0) is 17.3. The van der Waals surface area contributed by atoms with Crippen molar-refractivity contribution in [2.75, 3.05) is 11.9 Å². The fourth-order valence-corrected chi connectivity index (χ4v) is 3.17. The van der Waals surface area contributed by atoms with Crippen molar-refractivity contribution in [3.05, 3.63) is 66.8 Å². The first kappa shape index (κ1) is 14.7. The molecule has 5 heterocycles. The Morgan fingerprint density at radius 3 is 2.81 bits per heavy atom. The first-order valence-corrected chi connectivity index (χ1v) is 8.39. The number of aromatic nitrogens is 5. The van der Waals surface area contributed by atoms with Crippen LogP contribution in [0.15, 0.2) is 66.2 Å². The lowest BCUT2D eigenvalue weighted by Crippen LogP contribution is -2.17. The second-order valence-electron chi connectivity index (χ2n) is 5.97. The molecule has 0 spiro atoms. The summed E-state index contributed by atoms with van der Waals surface area (Å²) in [7, 11) is 0. The van der Waals surface area contributed by atoms with Crippen LogP contribution in [0.3, 0.4) is 0 Å². The van der Waals surface area contributed by atoms with E-state index in [0.717, 1.165) is 47.2 Å². The lowest BCUT2D eigenvalue weighted by molar-refractivity contribution is 0.780. The molecule has 0 saturated carbocycles. The second-order valence-corrected chi connectivity index (χ2v) is 5.97. The number of pyridine rings is 3. The summed E-state index contributed by atoms with van der Waals surface area (Å²) in [4.78, 5) is 22.1. The highest BCUT2D eigenvalue weighted by atomic mass is 15.2. The molecule has 0 radical (unpaired) electrons. The molecule has 7 heteroatoms. The number of hydrogen-bond acceptors (Lipinski definition) is 6. The molecule has 126 valence electrons. The first-order chi connectivity index (χ1) is 12.9. The van der Waals surface area contributed by atoms with Gasteiger partial charge in [-0.1, -0.05) is 6.07 Å². The zero-order valence-electron chi connectivity index (χ0n) is 13.9. The van der Waals surface area contributed by atoms with Gasteiger partial charge in [-0.15, -0.1) is 0 Å². The Hall–Kier alpha value is -3.61. The summed E-state index contributed by atoms with van der Waals surface area (Å²) in [6, 6.07) is 11.7. The maximum absolute atomic E-state index is 4.68. The van der Waals surface area contributed by atoms with E-state index in [1.165, 1.54) is 0 Å². The van der Waals surface area contributed by atoms with Crippen LogP contribution in [0.4, 0.5) is 11.5 Å². The van der Waals surface area contributed by atoms with E-state index in [0.29, 0.717) is 5.62 Å². The summed E-state index contributed by atoms with van der Waals surface area (Å²) in [5.41, 5.74) is 4.17. The molecule has 0 fully saturated rings. The van der Waals surface area contributed by atoms with Gasteiger partial charge in [-0.2, -0.15) is 4.98 Å². The fourth-order valence-electron chi connectivity index (χ4n) is 3.17. The van der Waals surface area contributed by atoms with Gasteiger partial charge in [0.1, 0.15) is 11.6 Å². The molecule has 5 rings (SSSR count). The summed E-state index contributed by atoms with van der Waals surface area (Å²) >= 11 is 0. The smallest absolute Gasteiger partial charge is 0.251 e. The topological polar surface area (TPSA) is 80.9 Å². The largest absolute Gasteiger partial charge is 0.369 e. The van der Waals surface area contributed by atoms with Gasteiger partial charge >= 0.3 is 0 Å². The van der Waals surface area contributed by atoms with Crippen LogP contribution in [-0.2, 0) is 6.54 Å². The maximum Gasteiger partial charge on any atom is 0.251 e. The van der Waals surface area contributed by atoms with Gasteiger partial charge in [-0.25, -0.2) is 9.98 Å². The molecule has 0 aliphatic carbocycles. The van der Waals surface area contributed by atoms with Crippen molar-refractivity contribution >= 4 is 11.5 Å². The van der Waals surface area contributed by atoms with Crippen LogP contribution in [0, 0.1) is 0 Å². The molecule has 3 aliphatic rings. The third-order valence-electron chi connectivity index (χ3n) is 4.32. The van der Waals surface area contributed by atoms with E-state index in [4.69, 9.17) is 0 Å². The molecule has 2 aromatic rings. The van der Waals surface area contributed by atoms with Crippen molar-refractivity contribution in [2.45, 2.75) is 6.54 Å². The first-order valence-electron chi connectivity index (χ1n) is 8.39. The fraction of sp³-hybridized carbons (Fsp3) is 0.105. The van der Waals surface area contributed by atoms with Crippen LogP contribution in [0.2, 0.25) is 0 Å². The Morgan fingerprint density at radius 1 is 1.04 bits per heavy atom. The van der Waals surface area contributed by atoms with Gasteiger partial charge in [-0.05, 0) is 30.3 Å². The van der Waals surface area contributed by atoms with Crippen molar-refractivity contribution in [2.24, 2.45) is 4.99 Å². The van der Waals surface area contributed by atoms with Crippen molar-refractivity contribution in [3.8, 4) is 22.6 Å². The Labute approximate surface area is 149 Å². The van der Waals surface area contributed by atoms with Gasteiger partial charge in [-0.3, -0.25) is 9.97 Å². The minimum absolute atomic E-state index is 0.441. The molecule has 0 saturated heterocycles. The third-order valence-corrected chi connectivity index (χ3v) is 4.32. The highest BCUT2D eigenvalue weighted by Gasteiger charge is 2.22. The molecule has 1 N–H and O–H groups in total. The monoisotopic (exact) mass is 341 g/mol. The van der Waals surface area contributed by atoms with Crippen molar-refractivity contribution in [3.63, 3.8) is 0 Å². The molecule has 0 amide bonds. The molecular formula is C19H15N7. The van der Waals surface area contributed by atoms with Crippen LogP contribution >= 0.6 is 0 Å². The van der Waals surface area contributed by atoms with Gasteiger partial charge in [0.2, 0.25) is 0 Å². The van der Waals surface area contributed by atoms with Crippen LogP contribution in [0.5, 0.6) is 0 Å². The summed E-state index contributed by atoms with van der Waals surface area (Å²) in [5, 5.41) is 3.45. The number of hydrogen-bond donors (Lipinski definition) is 1. The predicted molar refractivity (Wildman–Crippen MR) is 97.8 cm³/mol. The Morgan fingerprint density at radius 2 is 1.96 bits per heavy atom. The molecule has 26 heavy (non-hydrogen) atoms. The normalized spacial score (nSPS) is 13.6. The van der Waals surface area contributed by atoms with Gasteiger partial charge in [0, 0.05) is 49.0 Å². The average molecular weight is 341 g/mol. The highest BCUT2D eigenvalue weighted by molar-refractivity contribution is 5.80. The van der Waals surface area contributed by atoms with Gasteiger partial charge in [0.05, 0.1) is 11.4 Å². The minimum atomic E-state index is 0.441. The number of anilines is 1. The van der Waals surface area contributed by atoms with Crippen molar-refractivity contribution in [1.29, 1.82) is 0 Å². The standard InChI is InChI=1S/C19H15N7/c1-2-6-21-16(3-1)15-11-13-12-23-19(24-14-4-7-20-8-5-14)25-17(13)26-10-9-22-18(15)26/h1-8,11-12,22H,9-10H2. The summed E-state index contributed by atoms with van der Waals surface area (Å²) < 4.78 is 2.17. The van der Waals surface area contributed by atoms with E-state index in [9.17, 15) is 0 Å². The molecule has 0 aromatic carbocycles. The lowest BCUT2D eigenvalue weighted by atomic mass is 10.1. The van der Waals surface area contributed by atoms with E-state index in [2.05, 4.69) is 40.9 Å². The van der Waals surface area contributed by atoms with E-state index in [1.54, 1.807) is 18.6 Å². The second kappa shape index (κ2) is 6.03.